The van der Waals surface area contributed by atoms with E-state index < -0.39 is 22.7 Å². The van der Waals surface area contributed by atoms with E-state index in [0.29, 0.717) is 41.3 Å². The standard InChI is InChI=1S/C20H22FN5O3S/c1-3-29-16-8-23-15(7-24-16)17(27)25-12-4-5-14(21)13(6-12)20-10-28-9-19(20,2)11-30-18(22)26-20/h4-8H,3,9-11H2,1-2H3,(H2,22,26)(H,25,27)/t19-,20+/m0/s1. The number of thioether (sulfide) groups is 1. The highest BCUT2D eigenvalue weighted by Gasteiger charge is 2.57. The average Bonchev–Trinajstić information content (AvgIpc) is 3.07. The maximum absolute atomic E-state index is 14.9. The number of rotatable bonds is 5. The Labute approximate surface area is 177 Å². The molecule has 1 fully saturated rings. The fourth-order valence-corrected chi connectivity index (χ4v) is 4.74. The molecule has 1 aromatic carbocycles. The van der Waals surface area contributed by atoms with E-state index in [1.54, 1.807) is 6.07 Å². The van der Waals surface area contributed by atoms with Gasteiger partial charge in [-0.2, -0.15) is 0 Å². The molecular weight excluding hydrogens is 409 g/mol. The van der Waals surface area contributed by atoms with Crippen LogP contribution >= 0.6 is 11.8 Å². The molecule has 8 nitrogen and oxygen atoms in total. The molecule has 2 aliphatic rings. The summed E-state index contributed by atoms with van der Waals surface area (Å²) in [6.45, 7) is 4.98. The number of amidine groups is 1. The maximum atomic E-state index is 14.9. The Kier molecular flexibility index (Phi) is 5.37. The Bertz CT molecular complexity index is 1000. The lowest BCUT2D eigenvalue weighted by molar-refractivity contribution is 0.102. The molecule has 3 N–H and O–H groups in total. The van der Waals surface area contributed by atoms with Crippen molar-refractivity contribution < 1.29 is 18.7 Å². The normalized spacial score (nSPS) is 25.4. The van der Waals surface area contributed by atoms with Crippen molar-refractivity contribution >= 4 is 28.5 Å². The molecule has 1 aromatic heterocycles. The van der Waals surface area contributed by atoms with E-state index in [0.717, 1.165) is 0 Å². The minimum absolute atomic E-state index is 0.118. The number of carbonyl (C=O) groups is 1. The number of aromatic nitrogens is 2. The lowest BCUT2D eigenvalue weighted by Gasteiger charge is -2.42. The molecule has 10 heteroatoms. The van der Waals surface area contributed by atoms with E-state index in [4.69, 9.17) is 15.2 Å². The van der Waals surface area contributed by atoms with Crippen LogP contribution < -0.4 is 15.8 Å². The summed E-state index contributed by atoms with van der Waals surface area (Å²) in [5, 5.41) is 3.14. The summed E-state index contributed by atoms with van der Waals surface area (Å²) in [5.74, 6) is 0.116. The minimum Gasteiger partial charge on any atom is -0.477 e. The van der Waals surface area contributed by atoms with Crippen LogP contribution in [-0.2, 0) is 10.3 Å². The number of amides is 1. The van der Waals surface area contributed by atoms with Crippen LogP contribution in [0.3, 0.4) is 0 Å². The third kappa shape index (κ3) is 3.50. The number of nitrogens with one attached hydrogen (secondary N) is 1. The molecule has 158 valence electrons. The van der Waals surface area contributed by atoms with Gasteiger partial charge in [-0.25, -0.2) is 19.4 Å². The van der Waals surface area contributed by atoms with Crippen molar-refractivity contribution in [2.75, 3.05) is 30.9 Å². The smallest absolute Gasteiger partial charge is 0.275 e. The van der Waals surface area contributed by atoms with E-state index in [-0.39, 0.29) is 12.3 Å². The van der Waals surface area contributed by atoms with Crippen LogP contribution in [0, 0.1) is 11.2 Å². The highest BCUT2D eigenvalue weighted by molar-refractivity contribution is 8.13. The number of hydrogen-bond acceptors (Lipinski definition) is 8. The summed E-state index contributed by atoms with van der Waals surface area (Å²) in [6, 6.07) is 4.40. The molecule has 2 aliphatic heterocycles. The van der Waals surface area contributed by atoms with Crippen LogP contribution in [0.2, 0.25) is 0 Å². The molecule has 0 radical (unpaired) electrons. The van der Waals surface area contributed by atoms with Crippen molar-refractivity contribution in [3.63, 3.8) is 0 Å². The van der Waals surface area contributed by atoms with Gasteiger partial charge < -0.3 is 20.5 Å². The van der Waals surface area contributed by atoms with Gasteiger partial charge in [0.25, 0.3) is 5.91 Å². The fraction of sp³-hybridized carbons (Fsp3) is 0.400. The van der Waals surface area contributed by atoms with Crippen LogP contribution in [0.15, 0.2) is 35.6 Å². The molecule has 0 unspecified atom stereocenters. The van der Waals surface area contributed by atoms with E-state index in [2.05, 4.69) is 20.3 Å². The predicted octanol–water partition coefficient (Wildman–Crippen LogP) is 2.56. The Morgan fingerprint density at radius 2 is 2.20 bits per heavy atom. The molecule has 0 aliphatic carbocycles. The minimum atomic E-state index is -0.938. The van der Waals surface area contributed by atoms with Gasteiger partial charge in [-0.15, -0.1) is 0 Å². The van der Waals surface area contributed by atoms with Crippen LogP contribution in [-0.4, -0.2) is 46.6 Å². The first kappa shape index (κ1) is 20.5. The summed E-state index contributed by atoms with van der Waals surface area (Å²) >= 11 is 1.44. The molecule has 30 heavy (non-hydrogen) atoms. The number of nitrogens with zero attached hydrogens (tertiary/aromatic N) is 3. The van der Waals surface area contributed by atoms with Crippen molar-refractivity contribution in [1.29, 1.82) is 0 Å². The Morgan fingerprint density at radius 3 is 2.93 bits per heavy atom. The SMILES string of the molecule is CCOc1cnc(C(=O)Nc2ccc(F)c([C@]34COC[C@@]3(C)CSC(N)=N4)c2)cn1. The van der Waals surface area contributed by atoms with Gasteiger partial charge in [-0.3, -0.25) is 4.79 Å². The summed E-state index contributed by atoms with van der Waals surface area (Å²) in [4.78, 5) is 25.3. The molecule has 0 spiro atoms. The second-order valence-electron chi connectivity index (χ2n) is 7.47. The quantitative estimate of drug-likeness (QED) is 0.748. The second-order valence-corrected chi connectivity index (χ2v) is 8.47. The Balaban J connectivity index is 1.64. The maximum Gasteiger partial charge on any atom is 0.275 e. The molecular formula is C20H22FN5O3S. The van der Waals surface area contributed by atoms with Crippen LogP contribution in [0.5, 0.6) is 5.88 Å². The zero-order valence-electron chi connectivity index (χ0n) is 16.6. The van der Waals surface area contributed by atoms with Crippen LogP contribution in [0.1, 0.15) is 29.9 Å². The van der Waals surface area contributed by atoms with E-state index in [1.165, 1.54) is 36.3 Å². The number of halogens is 1. The Morgan fingerprint density at radius 1 is 1.37 bits per heavy atom. The lowest BCUT2D eigenvalue weighted by atomic mass is 9.70. The molecule has 2 atom stereocenters. The number of ether oxygens (including phenoxy) is 2. The molecule has 0 saturated carbocycles. The summed E-state index contributed by atoms with van der Waals surface area (Å²) in [5.41, 5.74) is 5.53. The van der Waals surface area contributed by atoms with E-state index >= 15 is 0 Å². The zero-order valence-corrected chi connectivity index (χ0v) is 17.5. The highest BCUT2D eigenvalue weighted by Crippen LogP contribution is 2.53. The van der Waals surface area contributed by atoms with Gasteiger partial charge in [0.05, 0.1) is 32.2 Å². The number of fused-ring (bicyclic) bond motifs is 1. The van der Waals surface area contributed by atoms with E-state index in [9.17, 15) is 9.18 Å². The highest BCUT2D eigenvalue weighted by atomic mass is 32.2. The largest absolute Gasteiger partial charge is 0.477 e. The van der Waals surface area contributed by atoms with Crippen molar-refractivity contribution in [2.45, 2.75) is 19.4 Å². The Hall–Kier alpha value is -2.72. The molecule has 1 amide bonds. The number of aliphatic imine (C=N–C) groups is 1. The van der Waals surface area contributed by atoms with Gasteiger partial charge in [0.15, 0.2) is 5.17 Å². The molecule has 3 heterocycles. The third-order valence-electron chi connectivity index (χ3n) is 5.39. The van der Waals surface area contributed by atoms with Crippen molar-refractivity contribution in [3.8, 4) is 5.88 Å². The topological polar surface area (TPSA) is 112 Å². The number of carbonyl (C=O) groups excluding carboxylic acids is 1. The van der Waals surface area contributed by atoms with Crippen molar-refractivity contribution in [2.24, 2.45) is 16.1 Å². The van der Waals surface area contributed by atoms with Gasteiger partial charge in [0, 0.05) is 22.4 Å². The number of hydrogen-bond donors (Lipinski definition) is 2. The molecule has 0 bridgehead atoms. The fourth-order valence-electron chi connectivity index (χ4n) is 3.73. The predicted molar refractivity (Wildman–Crippen MR) is 112 cm³/mol. The average molecular weight is 431 g/mol. The van der Waals surface area contributed by atoms with Gasteiger partial charge in [-0.05, 0) is 25.1 Å². The molecule has 2 aromatic rings. The summed E-state index contributed by atoms with van der Waals surface area (Å²) < 4.78 is 25.9. The van der Waals surface area contributed by atoms with Crippen molar-refractivity contribution in [1.82, 2.24) is 9.97 Å². The summed E-state index contributed by atoms with van der Waals surface area (Å²) in [7, 11) is 0. The lowest BCUT2D eigenvalue weighted by Crippen LogP contribution is -2.48. The first-order valence-corrected chi connectivity index (χ1v) is 10.5. The number of anilines is 1. The number of nitrogens with two attached hydrogens (primary N) is 1. The van der Waals surface area contributed by atoms with E-state index in [1.807, 2.05) is 13.8 Å². The third-order valence-corrected chi connectivity index (χ3v) is 6.56. The first-order chi connectivity index (χ1) is 14.4. The van der Waals surface area contributed by atoms with Gasteiger partial charge in [0.1, 0.15) is 17.1 Å². The second kappa shape index (κ2) is 7.84. The van der Waals surface area contributed by atoms with Crippen molar-refractivity contribution in [3.05, 3.63) is 47.7 Å². The van der Waals surface area contributed by atoms with Gasteiger partial charge in [0.2, 0.25) is 5.88 Å². The number of benzene rings is 1. The summed E-state index contributed by atoms with van der Waals surface area (Å²) in [6.07, 6.45) is 2.71. The van der Waals surface area contributed by atoms with Crippen LogP contribution in [0.25, 0.3) is 0 Å². The zero-order chi connectivity index (χ0) is 21.4. The van der Waals surface area contributed by atoms with Gasteiger partial charge in [-0.1, -0.05) is 18.7 Å². The van der Waals surface area contributed by atoms with Gasteiger partial charge >= 0.3 is 0 Å². The monoisotopic (exact) mass is 431 g/mol. The van der Waals surface area contributed by atoms with Crippen LogP contribution in [0.4, 0.5) is 10.1 Å². The molecule has 1 saturated heterocycles. The first-order valence-electron chi connectivity index (χ1n) is 9.49. The molecule has 4 rings (SSSR count).